The Balaban J connectivity index is 1.71. The molecule has 3 aromatic carbocycles. The molecular formula is C26H22NOS+. The summed E-state index contributed by atoms with van der Waals surface area (Å²) < 4.78 is 2.17. The maximum absolute atomic E-state index is 12.6. The first-order valence-corrected chi connectivity index (χ1v) is 10.6. The number of hydrogen-bond acceptors (Lipinski definition) is 2. The second-order valence-corrected chi connectivity index (χ2v) is 7.83. The lowest BCUT2D eigenvalue weighted by atomic mass is 10.0. The van der Waals surface area contributed by atoms with Crippen molar-refractivity contribution in [1.82, 2.24) is 0 Å². The second-order valence-electron chi connectivity index (χ2n) is 6.84. The zero-order valence-electron chi connectivity index (χ0n) is 16.3. The van der Waals surface area contributed by atoms with E-state index >= 15 is 0 Å². The number of thioether (sulfide) groups is 1. The van der Waals surface area contributed by atoms with Crippen LogP contribution in [0.3, 0.4) is 0 Å². The molecule has 0 aliphatic rings. The van der Waals surface area contributed by atoms with Gasteiger partial charge in [0.1, 0.15) is 7.05 Å². The zero-order chi connectivity index (χ0) is 20.1. The molecule has 29 heavy (non-hydrogen) atoms. The number of Topliss-reactive ketones (excluding diaryl/α,β-unsaturated/α-hetero) is 1. The Bertz CT molecular complexity index is 1110. The van der Waals surface area contributed by atoms with Crippen molar-refractivity contribution in [3.05, 3.63) is 109 Å². The molecule has 4 aromatic rings. The SMILES string of the molecule is C[n+]1c(SCC(=O)c2ccccc2)cc(-c2ccccc2)cc1-c1ccccc1. The topological polar surface area (TPSA) is 20.9 Å². The van der Waals surface area contributed by atoms with Gasteiger partial charge in [-0.2, -0.15) is 4.57 Å². The van der Waals surface area contributed by atoms with Gasteiger partial charge in [-0.3, -0.25) is 4.79 Å². The fourth-order valence-electron chi connectivity index (χ4n) is 3.30. The van der Waals surface area contributed by atoms with Gasteiger partial charge in [-0.1, -0.05) is 78.9 Å². The van der Waals surface area contributed by atoms with Crippen LogP contribution in [0.2, 0.25) is 0 Å². The van der Waals surface area contributed by atoms with E-state index in [0.29, 0.717) is 5.75 Å². The van der Waals surface area contributed by atoms with Crippen molar-refractivity contribution in [2.24, 2.45) is 7.05 Å². The minimum Gasteiger partial charge on any atom is -0.293 e. The molecule has 4 rings (SSSR count). The summed E-state index contributed by atoms with van der Waals surface area (Å²) >= 11 is 1.58. The summed E-state index contributed by atoms with van der Waals surface area (Å²) in [5, 5.41) is 1.06. The Morgan fingerprint density at radius 2 is 1.28 bits per heavy atom. The van der Waals surface area contributed by atoms with Gasteiger partial charge >= 0.3 is 0 Å². The predicted octanol–water partition coefficient (Wildman–Crippen LogP) is 5.82. The molecule has 0 saturated carbocycles. The Hall–Kier alpha value is -3.17. The molecule has 0 radical (unpaired) electrons. The number of aromatic nitrogens is 1. The highest BCUT2D eigenvalue weighted by Gasteiger charge is 2.19. The normalized spacial score (nSPS) is 10.7. The van der Waals surface area contributed by atoms with Crippen LogP contribution in [0, 0.1) is 0 Å². The predicted molar refractivity (Wildman–Crippen MR) is 120 cm³/mol. The van der Waals surface area contributed by atoms with Gasteiger partial charge in [-0.15, -0.1) is 0 Å². The number of benzene rings is 3. The van der Waals surface area contributed by atoms with Crippen molar-refractivity contribution in [3.8, 4) is 22.4 Å². The fraction of sp³-hybridized carbons (Fsp3) is 0.0769. The van der Waals surface area contributed by atoms with E-state index in [0.717, 1.165) is 27.4 Å². The van der Waals surface area contributed by atoms with E-state index in [1.165, 1.54) is 5.56 Å². The summed E-state index contributed by atoms with van der Waals surface area (Å²) in [6.07, 6.45) is 0. The lowest BCUT2D eigenvalue weighted by Gasteiger charge is -2.09. The minimum atomic E-state index is 0.141. The lowest BCUT2D eigenvalue weighted by Crippen LogP contribution is -2.34. The summed E-state index contributed by atoms with van der Waals surface area (Å²) in [7, 11) is 2.06. The third kappa shape index (κ3) is 4.47. The standard InChI is InChI=1S/C26H22NOS/c1-27-24(21-13-7-3-8-14-21)17-23(20-11-5-2-6-12-20)18-26(27)29-19-25(28)22-15-9-4-10-16-22/h2-18H,19H2,1H3/q+1. The molecule has 3 heteroatoms. The molecule has 2 nitrogen and oxygen atoms in total. The maximum atomic E-state index is 12.6. The number of ketones is 1. The summed E-state index contributed by atoms with van der Waals surface area (Å²) in [6, 6.07) is 34.6. The van der Waals surface area contributed by atoms with Gasteiger partial charge in [0.15, 0.2) is 5.78 Å². The molecule has 1 heterocycles. The monoisotopic (exact) mass is 396 g/mol. The second kappa shape index (κ2) is 8.89. The number of hydrogen-bond donors (Lipinski definition) is 0. The van der Waals surface area contributed by atoms with Gasteiger partial charge in [0.25, 0.3) is 0 Å². The fourth-order valence-corrected chi connectivity index (χ4v) is 4.25. The molecule has 0 N–H and O–H groups in total. The molecule has 0 aliphatic heterocycles. The smallest absolute Gasteiger partial charge is 0.241 e. The van der Waals surface area contributed by atoms with Crippen molar-refractivity contribution in [2.45, 2.75) is 5.03 Å². The molecule has 142 valence electrons. The van der Waals surface area contributed by atoms with Crippen LogP contribution < -0.4 is 4.57 Å². The van der Waals surface area contributed by atoms with Crippen molar-refractivity contribution >= 4 is 17.5 Å². The van der Waals surface area contributed by atoms with Crippen LogP contribution in [0.4, 0.5) is 0 Å². The number of carbonyl (C=O) groups excluding carboxylic acids is 1. The first-order valence-electron chi connectivity index (χ1n) is 9.58. The molecule has 0 saturated heterocycles. The van der Waals surface area contributed by atoms with Gasteiger partial charge in [0.05, 0.1) is 5.75 Å². The first-order chi connectivity index (χ1) is 14.2. The molecule has 1 aromatic heterocycles. The highest BCUT2D eigenvalue weighted by Crippen LogP contribution is 2.28. The summed E-state index contributed by atoms with van der Waals surface area (Å²) in [5.41, 5.74) is 5.36. The van der Waals surface area contributed by atoms with Crippen LogP contribution in [-0.4, -0.2) is 11.5 Å². The Labute approximate surface area is 175 Å². The Morgan fingerprint density at radius 3 is 1.90 bits per heavy atom. The molecule has 0 spiro atoms. The van der Waals surface area contributed by atoms with Crippen LogP contribution in [0.1, 0.15) is 10.4 Å². The van der Waals surface area contributed by atoms with E-state index < -0.39 is 0 Å². The third-order valence-corrected chi connectivity index (χ3v) is 5.98. The highest BCUT2D eigenvalue weighted by atomic mass is 32.2. The maximum Gasteiger partial charge on any atom is 0.241 e. The Morgan fingerprint density at radius 1 is 0.724 bits per heavy atom. The molecule has 0 aliphatic carbocycles. The van der Waals surface area contributed by atoms with E-state index in [-0.39, 0.29) is 5.78 Å². The average molecular weight is 397 g/mol. The van der Waals surface area contributed by atoms with Crippen molar-refractivity contribution in [1.29, 1.82) is 0 Å². The van der Waals surface area contributed by atoms with Crippen molar-refractivity contribution in [3.63, 3.8) is 0 Å². The summed E-state index contributed by atoms with van der Waals surface area (Å²) in [5.74, 6) is 0.548. The molecule has 0 unspecified atom stereocenters. The van der Waals surface area contributed by atoms with E-state index in [2.05, 4.69) is 72.3 Å². The van der Waals surface area contributed by atoms with Crippen LogP contribution in [-0.2, 0) is 7.05 Å². The van der Waals surface area contributed by atoms with E-state index in [1.54, 1.807) is 11.8 Å². The highest BCUT2D eigenvalue weighted by molar-refractivity contribution is 7.99. The molecule has 0 atom stereocenters. The van der Waals surface area contributed by atoms with E-state index in [9.17, 15) is 4.79 Å². The van der Waals surface area contributed by atoms with E-state index in [4.69, 9.17) is 0 Å². The van der Waals surface area contributed by atoms with E-state index in [1.807, 2.05) is 42.5 Å². The van der Waals surface area contributed by atoms with Gasteiger partial charge in [0.2, 0.25) is 10.7 Å². The van der Waals surface area contributed by atoms with Crippen molar-refractivity contribution in [2.75, 3.05) is 5.75 Å². The summed E-state index contributed by atoms with van der Waals surface area (Å²) in [6.45, 7) is 0. The van der Waals surface area contributed by atoms with Gasteiger partial charge < -0.3 is 0 Å². The third-order valence-electron chi connectivity index (χ3n) is 4.89. The molecule has 0 fully saturated rings. The summed E-state index contributed by atoms with van der Waals surface area (Å²) in [4.78, 5) is 12.6. The number of carbonyl (C=O) groups is 1. The number of pyridine rings is 1. The Kier molecular flexibility index (Phi) is 5.87. The molecule has 0 amide bonds. The van der Waals surface area contributed by atoms with Gasteiger partial charge in [0, 0.05) is 23.3 Å². The van der Waals surface area contributed by atoms with Crippen LogP contribution in [0.15, 0.2) is 108 Å². The lowest BCUT2D eigenvalue weighted by molar-refractivity contribution is -0.698. The van der Waals surface area contributed by atoms with Gasteiger partial charge in [-0.25, -0.2) is 0 Å². The molecule has 0 bridgehead atoms. The van der Waals surface area contributed by atoms with Crippen LogP contribution in [0.25, 0.3) is 22.4 Å². The number of rotatable bonds is 6. The van der Waals surface area contributed by atoms with Crippen LogP contribution >= 0.6 is 11.8 Å². The largest absolute Gasteiger partial charge is 0.293 e. The number of nitrogens with zero attached hydrogens (tertiary/aromatic N) is 1. The zero-order valence-corrected chi connectivity index (χ0v) is 17.1. The van der Waals surface area contributed by atoms with Crippen molar-refractivity contribution < 1.29 is 9.36 Å². The quantitative estimate of drug-likeness (QED) is 0.233. The first kappa shape index (κ1) is 19.2. The average Bonchev–Trinajstić information content (AvgIpc) is 2.80. The minimum absolute atomic E-state index is 0.141. The molecular weight excluding hydrogens is 374 g/mol. The van der Waals surface area contributed by atoms with Crippen LogP contribution in [0.5, 0.6) is 0 Å². The van der Waals surface area contributed by atoms with Gasteiger partial charge in [-0.05, 0) is 35.0 Å².